The van der Waals surface area contributed by atoms with E-state index in [0.717, 1.165) is 42.4 Å². The van der Waals surface area contributed by atoms with Gasteiger partial charge in [0.15, 0.2) is 5.82 Å². The van der Waals surface area contributed by atoms with Crippen molar-refractivity contribution in [2.75, 3.05) is 23.7 Å². The molecule has 1 atom stereocenters. The molecule has 1 aliphatic rings. The van der Waals surface area contributed by atoms with Crippen LogP contribution in [-0.4, -0.2) is 43.9 Å². The van der Waals surface area contributed by atoms with Crippen LogP contribution in [0.5, 0.6) is 11.6 Å². The molecule has 0 spiro atoms. The maximum absolute atomic E-state index is 15.0. The third-order valence-electron chi connectivity index (χ3n) is 6.80. The van der Waals surface area contributed by atoms with Crippen LogP contribution in [0.2, 0.25) is 0 Å². The zero-order valence-electron chi connectivity index (χ0n) is 21.8. The van der Waals surface area contributed by atoms with Gasteiger partial charge in [-0.25, -0.2) is 19.3 Å². The standard InChI is InChI=1S/C29H29FN8O/c1-18-7-8-20-21(9-10-23(30)26(20)36-25-12-16-38(2)37-25)27(18)39-28-22(6-4-14-32-28)24-11-15-33-29(35-24)34-19-5-3-13-31-17-19/h4,6-12,14-16,19,31H,3,5,13,17H2,1-2H3,(H,36,37)(H,33,34,35)/t19-/m0/s1. The van der Waals surface area contributed by atoms with Gasteiger partial charge in [0, 0.05) is 55.1 Å². The van der Waals surface area contributed by atoms with Crippen molar-refractivity contribution in [3.05, 3.63) is 78.5 Å². The first-order chi connectivity index (χ1) is 19.0. The molecule has 3 N–H and O–H groups in total. The lowest BCUT2D eigenvalue weighted by Gasteiger charge is -2.23. The quantitative estimate of drug-likeness (QED) is 0.254. The number of aryl methyl sites for hydroxylation is 2. The molecule has 9 nitrogen and oxygen atoms in total. The Hall–Kier alpha value is -4.57. The van der Waals surface area contributed by atoms with Crippen LogP contribution in [0.4, 0.5) is 21.8 Å². The van der Waals surface area contributed by atoms with Gasteiger partial charge in [0.05, 0.1) is 16.9 Å². The molecule has 0 amide bonds. The van der Waals surface area contributed by atoms with Crippen LogP contribution in [0.15, 0.2) is 67.1 Å². The third-order valence-corrected chi connectivity index (χ3v) is 6.80. The minimum atomic E-state index is -0.379. The number of anilines is 3. The molecule has 0 radical (unpaired) electrons. The molecule has 10 heteroatoms. The highest BCUT2D eigenvalue weighted by atomic mass is 19.1. The van der Waals surface area contributed by atoms with Gasteiger partial charge in [0.2, 0.25) is 11.8 Å². The largest absolute Gasteiger partial charge is 0.437 e. The molecule has 4 heterocycles. The van der Waals surface area contributed by atoms with Crippen molar-refractivity contribution in [1.29, 1.82) is 0 Å². The second kappa shape index (κ2) is 10.7. The number of nitrogens with zero attached hydrogens (tertiary/aromatic N) is 5. The summed E-state index contributed by atoms with van der Waals surface area (Å²) in [5.74, 6) is 1.74. The van der Waals surface area contributed by atoms with E-state index >= 15 is 0 Å². The van der Waals surface area contributed by atoms with Gasteiger partial charge in [-0.15, -0.1) is 0 Å². The maximum Gasteiger partial charge on any atom is 0.228 e. The molecule has 0 aliphatic carbocycles. The highest BCUT2D eigenvalue weighted by Crippen LogP contribution is 2.40. The minimum Gasteiger partial charge on any atom is -0.437 e. The van der Waals surface area contributed by atoms with Crippen molar-refractivity contribution >= 4 is 28.2 Å². The molecule has 1 fully saturated rings. The van der Waals surface area contributed by atoms with Gasteiger partial charge >= 0.3 is 0 Å². The summed E-state index contributed by atoms with van der Waals surface area (Å²) < 4.78 is 23.1. The molecule has 3 aromatic heterocycles. The fourth-order valence-corrected chi connectivity index (χ4v) is 4.83. The van der Waals surface area contributed by atoms with Crippen LogP contribution in [0.25, 0.3) is 22.0 Å². The van der Waals surface area contributed by atoms with Crippen molar-refractivity contribution < 1.29 is 9.13 Å². The van der Waals surface area contributed by atoms with Gasteiger partial charge < -0.3 is 20.7 Å². The van der Waals surface area contributed by atoms with Crippen LogP contribution in [-0.2, 0) is 7.05 Å². The number of halogens is 1. The molecule has 198 valence electrons. The normalized spacial score (nSPS) is 15.3. The number of fused-ring (bicyclic) bond motifs is 1. The molecule has 0 bridgehead atoms. The Morgan fingerprint density at radius 2 is 1.95 bits per heavy atom. The number of aromatic nitrogens is 5. The summed E-state index contributed by atoms with van der Waals surface area (Å²) in [7, 11) is 1.81. The van der Waals surface area contributed by atoms with E-state index in [9.17, 15) is 4.39 Å². The first-order valence-electron chi connectivity index (χ1n) is 13.0. The van der Waals surface area contributed by atoms with Gasteiger partial charge in [0.1, 0.15) is 11.6 Å². The summed E-state index contributed by atoms with van der Waals surface area (Å²) in [6.45, 7) is 3.88. The van der Waals surface area contributed by atoms with E-state index in [4.69, 9.17) is 9.72 Å². The van der Waals surface area contributed by atoms with Crippen molar-refractivity contribution in [2.45, 2.75) is 25.8 Å². The fraction of sp³-hybridized carbons (Fsp3) is 0.241. The molecule has 1 saturated heterocycles. The topological polar surface area (TPSA) is 102 Å². The molecule has 5 aromatic rings. The Morgan fingerprint density at radius 1 is 1.05 bits per heavy atom. The number of rotatable bonds is 7. The highest BCUT2D eigenvalue weighted by Gasteiger charge is 2.18. The lowest BCUT2D eigenvalue weighted by Crippen LogP contribution is -2.38. The van der Waals surface area contributed by atoms with E-state index in [1.807, 2.05) is 44.3 Å². The maximum atomic E-state index is 15.0. The van der Waals surface area contributed by atoms with Crippen molar-refractivity contribution in [3.63, 3.8) is 0 Å². The number of nitrogens with one attached hydrogen (secondary N) is 3. The summed E-state index contributed by atoms with van der Waals surface area (Å²) in [5, 5.41) is 15.7. The monoisotopic (exact) mass is 524 g/mol. The van der Waals surface area contributed by atoms with E-state index in [1.54, 1.807) is 35.4 Å². The first-order valence-corrected chi connectivity index (χ1v) is 13.0. The van der Waals surface area contributed by atoms with Gasteiger partial charge in [-0.3, -0.25) is 4.68 Å². The molecule has 2 aromatic carbocycles. The summed E-state index contributed by atoms with van der Waals surface area (Å²) in [6, 6.07) is 14.6. The number of piperidine rings is 1. The van der Waals surface area contributed by atoms with Gasteiger partial charge in [0.25, 0.3) is 0 Å². The molecular weight excluding hydrogens is 495 g/mol. The van der Waals surface area contributed by atoms with E-state index in [0.29, 0.717) is 40.2 Å². The van der Waals surface area contributed by atoms with Crippen LogP contribution in [0.1, 0.15) is 18.4 Å². The summed E-state index contributed by atoms with van der Waals surface area (Å²) >= 11 is 0. The van der Waals surface area contributed by atoms with Crippen LogP contribution < -0.4 is 20.7 Å². The molecular formula is C29H29FN8O. The molecule has 1 aliphatic heterocycles. The Kier molecular flexibility index (Phi) is 6.76. The summed E-state index contributed by atoms with van der Waals surface area (Å²) in [4.78, 5) is 13.7. The molecule has 39 heavy (non-hydrogen) atoms. The van der Waals surface area contributed by atoms with Crippen LogP contribution in [0.3, 0.4) is 0 Å². The van der Waals surface area contributed by atoms with Crippen molar-refractivity contribution in [3.8, 4) is 22.9 Å². The number of pyridine rings is 1. The third kappa shape index (κ3) is 5.23. The smallest absolute Gasteiger partial charge is 0.228 e. The van der Waals surface area contributed by atoms with Gasteiger partial charge in [-0.05, 0) is 62.2 Å². The predicted octanol–water partition coefficient (Wildman–Crippen LogP) is 5.57. The van der Waals surface area contributed by atoms with Crippen molar-refractivity contribution in [1.82, 2.24) is 30.0 Å². The second-order valence-electron chi connectivity index (χ2n) is 9.64. The Balaban J connectivity index is 1.35. The number of hydrogen-bond donors (Lipinski definition) is 3. The van der Waals surface area contributed by atoms with E-state index in [2.05, 4.69) is 31.0 Å². The number of hydrogen-bond acceptors (Lipinski definition) is 8. The summed E-state index contributed by atoms with van der Waals surface area (Å²) in [5.41, 5.74) is 2.65. The lowest BCUT2D eigenvalue weighted by molar-refractivity contribution is 0.466. The minimum absolute atomic E-state index is 0.284. The number of ether oxygens (including phenoxy) is 1. The average molecular weight is 525 g/mol. The zero-order valence-corrected chi connectivity index (χ0v) is 21.8. The van der Waals surface area contributed by atoms with Crippen LogP contribution in [0, 0.1) is 12.7 Å². The predicted molar refractivity (Wildman–Crippen MR) is 150 cm³/mol. The van der Waals surface area contributed by atoms with Gasteiger partial charge in [-0.1, -0.05) is 12.1 Å². The van der Waals surface area contributed by atoms with E-state index < -0.39 is 0 Å². The van der Waals surface area contributed by atoms with E-state index in [-0.39, 0.29) is 11.9 Å². The Labute approximate surface area is 225 Å². The fourth-order valence-electron chi connectivity index (χ4n) is 4.83. The van der Waals surface area contributed by atoms with Crippen LogP contribution >= 0.6 is 0 Å². The highest BCUT2D eigenvalue weighted by molar-refractivity contribution is 6.00. The zero-order chi connectivity index (χ0) is 26.8. The average Bonchev–Trinajstić information content (AvgIpc) is 3.37. The Bertz CT molecular complexity index is 1630. The first kappa shape index (κ1) is 24.7. The Morgan fingerprint density at radius 3 is 2.77 bits per heavy atom. The second-order valence-corrected chi connectivity index (χ2v) is 9.64. The van der Waals surface area contributed by atoms with E-state index in [1.165, 1.54) is 6.07 Å². The molecule has 6 rings (SSSR count). The SMILES string of the molecule is Cc1ccc2c(Nc3ccn(C)n3)c(F)ccc2c1Oc1ncccc1-c1ccnc(N[C@H]2CCCNC2)n1. The molecule has 0 saturated carbocycles. The summed E-state index contributed by atoms with van der Waals surface area (Å²) in [6.07, 6.45) is 7.40. The lowest BCUT2D eigenvalue weighted by atomic mass is 10.0. The molecule has 0 unspecified atom stereocenters. The van der Waals surface area contributed by atoms with Crippen molar-refractivity contribution in [2.24, 2.45) is 7.05 Å². The number of benzene rings is 2. The van der Waals surface area contributed by atoms with Gasteiger partial charge in [-0.2, -0.15) is 5.10 Å².